The number of hydrogen-bond acceptors (Lipinski definition) is 7. The van der Waals surface area contributed by atoms with Gasteiger partial charge in [0.05, 0.1) is 25.8 Å². The second-order valence-corrected chi connectivity index (χ2v) is 10.2. The Morgan fingerprint density at radius 1 is 1.08 bits per heavy atom. The van der Waals surface area contributed by atoms with Crippen LogP contribution < -0.4 is 0 Å². The summed E-state index contributed by atoms with van der Waals surface area (Å²) in [6.45, 7) is 6.16. The SMILES string of the molecule is COC(=O)C[C@@H]1N=C(c2ccc(C=Cc3cccc(CO)c3)cc2)c2c(sc(C)c2C)-n2c(C)nnc21. The molecule has 7 nitrogen and oxygen atoms in total. The molecular weight excluding hydrogens is 484 g/mol. The summed E-state index contributed by atoms with van der Waals surface area (Å²) in [5.41, 5.74) is 6.96. The minimum atomic E-state index is -0.513. The van der Waals surface area contributed by atoms with Crippen molar-refractivity contribution >= 4 is 35.2 Å². The lowest BCUT2D eigenvalue weighted by atomic mass is 9.98. The van der Waals surface area contributed by atoms with Crippen molar-refractivity contribution in [1.29, 1.82) is 0 Å². The predicted molar refractivity (Wildman–Crippen MR) is 146 cm³/mol. The minimum absolute atomic E-state index is 0.0220. The molecule has 4 aromatic rings. The van der Waals surface area contributed by atoms with E-state index in [1.807, 2.05) is 47.9 Å². The summed E-state index contributed by atoms with van der Waals surface area (Å²) in [5.74, 6) is 1.06. The molecule has 5 rings (SSSR count). The standard InChI is InChI=1S/C29H28N4O3S/c1-17-18(2)37-29-26(17)27(30-24(15-25(35)36-4)28-32-31-19(3)33(28)29)23-12-10-20(11-13-23)8-9-21-6-5-7-22(14-21)16-34/h5-14,24,34H,15-16H2,1-4H3/t24-/m0/s1. The average molecular weight is 513 g/mol. The normalized spacial score (nSPS) is 14.7. The van der Waals surface area contributed by atoms with Gasteiger partial charge >= 0.3 is 5.97 Å². The number of fused-ring (bicyclic) bond motifs is 3. The summed E-state index contributed by atoms with van der Waals surface area (Å²) in [5, 5.41) is 19.1. The summed E-state index contributed by atoms with van der Waals surface area (Å²) >= 11 is 1.69. The number of nitrogens with zero attached hydrogens (tertiary/aromatic N) is 4. The molecule has 37 heavy (non-hydrogen) atoms. The molecule has 2 aromatic carbocycles. The van der Waals surface area contributed by atoms with Gasteiger partial charge in [0.25, 0.3) is 0 Å². The first kappa shape index (κ1) is 24.8. The first-order valence-corrected chi connectivity index (χ1v) is 12.9. The topological polar surface area (TPSA) is 89.6 Å². The Labute approximate surface area is 219 Å². The molecule has 3 heterocycles. The molecule has 0 aliphatic carbocycles. The highest BCUT2D eigenvalue weighted by Gasteiger charge is 2.32. The molecule has 8 heteroatoms. The van der Waals surface area contributed by atoms with Crippen molar-refractivity contribution in [3.8, 4) is 5.00 Å². The van der Waals surface area contributed by atoms with E-state index in [1.54, 1.807) is 11.3 Å². The van der Waals surface area contributed by atoms with Crippen molar-refractivity contribution in [3.05, 3.63) is 98.4 Å². The Hall–Kier alpha value is -3.88. The largest absolute Gasteiger partial charge is 0.469 e. The van der Waals surface area contributed by atoms with E-state index in [0.717, 1.165) is 49.9 Å². The molecule has 0 saturated carbocycles. The van der Waals surface area contributed by atoms with Crippen LogP contribution in [0.1, 0.15) is 62.4 Å². The zero-order valence-corrected chi connectivity index (χ0v) is 22.0. The number of aliphatic hydroxyl groups excluding tert-OH is 1. The Morgan fingerprint density at radius 3 is 2.57 bits per heavy atom. The number of aromatic nitrogens is 3. The monoisotopic (exact) mass is 512 g/mol. The Bertz CT molecular complexity index is 1530. The summed E-state index contributed by atoms with van der Waals surface area (Å²) in [4.78, 5) is 18.6. The van der Waals surface area contributed by atoms with Gasteiger partial charge < -0.3 is 9.84 Å². The minimum Gasteiger partial charge on any atom is -0.469 e. The van der Waals surface area contributed by atoms with Gasteiger partial charge in [-0.25, -0.2) is 0 Å². The average Bonchev–Trinajstić information content (AvgIpc) is 3.39. The van der Waals surface area contributed by atoms with E-state index in [1.165, 1.54) is 12.0 Å². The molecule has 0 radical (unpaired) electrons. The Kier molecular flexibility index (Phi) is 6.86. The molecule has 2 aromatic heterocycles. The maximum atomic E-state index is 12.3. The number of thiophene rings is 1. The van der Waals surface area contributed by atoms with Crippen molar-refractivity contribution in [2.45, 2.75) is 39.8 Å². The highest BCUT2D eigenvalue weighted by Crippen LogP contribution is 2.39. The van der Waals surface area contributed by atoms with Crippen molar-refractivity contribution in [3.63, 3.8) is 0 Å². The van der Waals surface area contributed by atoms with Crippen LogP contribution in [0.4, 0.5) is 0 Å². The molecule has 1 aliphatic heterocycles. The van der Waals surface area contributed by atoms with Crippen LogP contribution in [0.15, 0.2) is 53.5 Å². The first-order chi connectivity index (χ1) is 17.9. The number of esters is 1. The maximum Gasteiger partial charge on any atom is 0.308 e. The number of benzene rings is 2. The molecule has 1 atom stereocenters. The molecule has 0 fully saturated rings. The van der Waals surface area contributed by atoms with Crippen molar-refractivity contribution in [1.82, 2.24) is 14.8 Å². The third-order valence-electron chi connectivity index (χ3n) is 6.61. The summed E-state index contributed by atoms with van der Waals surface area (Å²) in [7, 11) is 1.39. The highest BCUT2D eigenvalue weighted by atomic mass is 32.1. The number of methoxy groups -OCH3 is 1. The van der Waals surface area contributed by atoms with Crippen LogP contribution in [-0.2, 0) is 16.1 Å². The second kappa shape index (κ2) is 10.2. The molecule has 0 bridgehead atoms. The molecule has 1 N–H and O–H groups in total. The van der Waals surface area contributed by atoms with E-state index < -0.39 is 6.04 Å². The van der Waals surface area contributed by atoms with E-state index in [4.69, 9.17) is 9.73 Å². The maximum absolute atomic E-state index is 12.3. The molecule has 1 aliphatic rings. The molecule has 0 amide bonds. The molecule has 0 spiro atoms. The van der Waals surface area contributed by atoms with Crippen LogP contribution in [-0.4, -0.2) is 38.7 Å². The lowest BCUT2D eigenvalue weighted by Crippen LogP contribution is -2.12. The van der Waals surface area contributed by atoms with E-state index in [0.29, 0.717) is 5.82 Å². The van der Waals surface area contributed by atoms with E-state index in [2.05, 4.69) is 48.3 Å². The van der Waals surface area contributed by atoms with Gasteiger partial charge in [-0.05, 0) is 49.1 Å². The number of ether oxygens (including phenoxy) is 1. The molecular formula is C29H28N4O3S. The van der Waals surface area contributed by atoms with Gasteiger partial charge in [-0.2, -0.15) is 0 Å². The fraction of sp³-hybridized carbons (Fsp3) is 0.241. The van der Waals surface area contributed by atoms with Gasteiger partial charge in [-0.1, -0.05) is 54.6 Å². The zero-order valence-electron chi connectivity index (χ0n) is 21.2. The second-order valence-electron chi connectivity index (χ2n) is 9.04. The highest BCUT2D eigenvalue weighted by molar-refractivity contribution is 7.15. The number of hydrogen-bond donors (Lipinski definition) is 1. The number of rotatable bonds is 6. The van der Waals surface area contributed by atoms with Crippen molar-refractivity contribution < 1.29 is 14.6 Å². The third kappa shape index (κ3) is 4.77. The van der Waals surface area contributed by atoms with Crippen LogP contribution in [0.25, 0.3) is 17.2 Å². The number of aliphatic hydroxyl groups is 1. The lowest BCUT2D eigenvalue weighted by molar-refractivity contribution is -0.141. The van der Waals surface area contributed by atoms with Crippen LogP contribution in [0.5, 0.6) is 0 Å². The van der Waals surface area contributed by atoms with Crippen LogP contribution >= 0.6 is 11.3 Å². The third-order valence-corrected chi connectivity index (χ3v) is 7.81. The number of aliphatic imine (C=N–C) groups is 1. The van der Waals surface area contributed by atoms with E-state index in [-0.39, 0.29) is 19.0 Å². The van der Waals surface area contributed by atoms with Gasteiger partial charge in [0.2, 0.25) is 0 Å². The van der Waals surface area contributed by atoms with Crippen LogP contribution in [0, 0.1) is 20.8 Å². The van der Waals surface area contributed by atoms with Gasteiger partial charge in [0.15, 0.2) is 5.82 Å². The fourth-order valence-electron chi connectivity index (χ4n) is 4.51. The molecule has 188 valence electrons. The van der Waals surface area contributed by atoms with E-state index in [9.17, 15) is 9.90 Å². The Balaban J connectivity index is 1.56. The van der Waals surface area contributed by atoms with Crippen LogP contribution in [0.2, 0.25) is 0 Å². The molecule has 0 saturated heterocycles. The summed E-state index contributed by atoms with van der Waals surface area (Å²) < 4.78 is 7.00. The fourth-order valence-corrected chi connectivity index (χ4v) is 5.72. The molecule has 0 unspecified atom stereocenters. The summed E-state index contributed by atoms with van der Waals surface area (Å²) in [6.07, 6.45) is 4.16. The number of carbonyl (C=O) groups is 1. The zero-order chi connectivity index (χ0) is 26.1. The smallest absolute Gasteiger partial charge is 0.308 e. The lowest BCUT2D eigenvalue weighted by Gasteiger charge is -2.12. The van der Waals surface area contributed by atoms with Crippen molar-refractivity contribution in [2.24, 2.45) is 4.99 Å². The van der Waals surface area contributed by atoms with Gasteiger partial charge in [-0.3, -0.25) is 14.4 Å². The Morgan fingerprint density at radius 2 is 1.84 bits per heavy atom. The van der Waals surface area contributed by atoms with Crippen LogP contribution in [0.3, 0.4) is 0 Å². The van der Waals surface area contributed by atoms with Gasteiger partial charge in [-0.15, -0.1) is 21.5 Å². The van der Waals surface area contributed by atoms with Crippen molar-refractivity contribution in [2.75, 3.05) is 7.11 Å². The predicted octanol–water partition coefficient (Wildman–Crippen LogP) is 5.37. The van der Waals surface area contributed by atoms with Gasteiger partial charge in [0, 0.05) is 16.0 Å². The summed E-state index contributed by atoms with van der Waals surface area (Å²) in [6, 6.07) is 15.5. The quantitative estimate of drug-likeness (QED) is 0.277. The van der Waals surface area contributed by atoms with Gasteiger partial charge in [0.1, 0.15) is 16.9 Å². The van der Waals surface area contributed by atoms with E-state index >= 15 is 0 Å². The number of carbonyl (C=O) groups excluding carboxylic acids is 1. The first-order valence-electron chi connectivity index (χ1n) is 12.0. The number of aryl methyl sites for hydroxylation is 2.